The lowest BCUT2D eigenvalue weighted by Crippen LogP contribution is -2.18. The normalized spacial score (nSPS) is 13.5. The number of benzene rings is 14. The Morgan fingerprint density at radius 1 is 0.239 bits per heavy atom. The zero-order valence-electron chi connectivity index (χ0n) is 74.1. The van der Waals surface area contributed by atoms with Crippen LogP contribution in [0.25, 0.3) is 163 Å². The molecule has 134 heavy (non-hydrogen) atoms. The van der Waals surface area contributed by atoms with Crippen LogP contribution in [0.1, 0.15) is 61.1 Å². The van der Waals surface area contributed by atoms with E-state index in [0.717, 1.165) is 123 Å². The van der Waals surface area contributed by atoms with Crippen molar-refractivity contribution in [1.82, 2.24) is 44.4 Å². The summed E-state index contributed by atoms with van der Waals surface area (Å²) in [6.07, 6.45) is 7.37. The number of pyridine rings is 5. The highest BCUT2D eigenvalue weighted by atomic mass is 15.2. The summed E-state index contributed by atoms with van der Waals surface area (Å²) in [5.74, 6) is 1.82. The van der Waals surface area contributed by atoms with Crippen LogP contribution in [0.15, 0.2) is 449 Å². The average Bonchev–Trinajstić information content (AvgIpc) is 1.55. The van der Waals surface area contributed by atoms with E-state index in [1.165, 1.54) is 95.0 Å². The van der Waals surface area contributed by atoms with Crippen molar-refractivity contribution < 1.29 is 0 Å². The van der Waals surface area contributed by atoms with Crippen molar-refractivity contribution in [2.24, 2.45) is 0 Å². The standard InChI is InChI=1S/C43H31N5.C41H27N5.C38H28N2/c1-43(2)34-25-28(35-16-7-10-22-44-35)20-21-33(34)42-41(43)32-15-4-3-13-30(32)31-14-5-6-19-40(31)48(42)29-26-38(36-17-8-11-23-45-36)47-39(27-29)37-18-9-12-24-46-37;1-4-16-28(17-5-1)39-42-40(29-18-6-2-7-19-29)44-41(43-39)46-36-27-15-13-25-34(36)38-37(46)33-24-11-10-22-31(33)32-23-12-14-26-35(32)45(38)30-20-8-3-9-21-30;1-38(2)33-18-7-5-16-32(33)37-35(38)31-15-4-3-13-29(31)30-14-6-8-19-34(30)40(37)27-22-20-25(21-23-27)28-17-9-11-26-12-10-24-39-36(26)28/h3-27H,1-2H3;1-27H;3-24H,1-2H3. The molecule has 0 unspecified atom stereocenters. The number of anilines is 7. The zero-order valence-corrected chi connectivity index (χ0v) is 74.1. The fraction of sp³-hybridized carbons (Fsp3) is 0.0492. The second-order valence-corrected chi connectivity index (χ2v) is 35.3. The Kier molecular flexibility index (Phi) is 19.6. The number of allylic oxidation sites excluding steroid dienone is 2. The Balaban J connectivity index is 0.000000111. The molecule has 26 rings (SSSR count). The predicted octanol–water partition coefficient (Wildman–Crippen LogP) is 30.4. The van der Waals surface area contributed by atoms with Crippen LogP contribution in [0.5, 0.6) is 0 Å². The molecule has 0 N–H and O–H groups in total. The Bertz CT molecular complexity index is 8120. The zero-order chi connectivity index (χ0) is 89.5. The van der Waals surface area contributed by atoms with Gasteiger partial charge in [-0.1, -0.05) is 343 Å². The molecule has 12 nitrogen and oxygen atoms in total. The SMILES string of the molecule is CC1(C)C2=C(c3ccc(-c4ccccn4)cc31)N(c1cc(-c3ccccn3)nc(-c3ccccn3)c1)c1ccccc1-c1ccccc12.CC1(C)C2=C(c3ccccc31)N(c1ccc(-c3cccc4cccnc34)cc1)c1ccccc1-c1ccccc12.c1ccc(-c2nc(-c3ccccc3)nc(-n3c4c(c5ccccc53)N(c3ccccc3)c3ccccc3-c3ccccc3-4)n2)cc1. The first-order valence-corrected chi connectivity index (χ1v) is 45.5. The third-order valence-corrected chi connectivity index (χ3v) is 26.8. The van der Waals surface area contributed by atoms with Gasteiger partial charge in [-0.05, 0) is 165 Å². The van der Waals surface area contributed by atoms with Gasteiger partial charge in [-0.15, -0.1) is 0 Å². The van der Waals surface area contributed by atoms with E-state index in [4.69, 9.17) is 39.9 Å². The lowest BCUT2D eigenvalue weighted by molar-refractivity contribution is 0.704. The molecule has 2 aliphatic carbocycles. The third-order valence-electron chi connectivity index (χ3n) is 26.8. The van der Waals surface area contributed by atoms with Gasteiger partial charge in [0.05, 0.1) is 85.0 Å². The number of para-hydroxylation sites is 6. The van der Waals surface area contributed by atoms with Gasteiger partial charge in [0.15, 0.2) is 11.6 Å². The number of hydrogen-bond acceptors (Lipinski definition) is 11. The lowest BCUT2D eigenvalue weighted by Gasteiger charge is -2.29. The number of nitrogens with zero attached hydrogens (tertiary/aromatic N) is 12. The number of rotatable bonds is 10. The second-order valence-electron chi connectivity index (χ2n) is 35.3. The van der Waals surface area contributed by atoms with E-state index in [0.29, 0.717) is 17.6 Å². The first-order chi connectivity index (χ1) is 66.1. The van der Waals surface area contributed by atoms with Gasteiger partial charge >= 0.3 is 0 Å². The van der Waals surface area contributed by atoms with E-state index in [2.05, 4.69) is 356 Å². The molecule has 7 aromatic heterocycles. The van der Waals surface area contributed by atoms with Crippen LogP contribution >= 0.6 is 0 Å². The molecule has 0 amide bonds. The summed E-state index contributed by atoms with van der Waals surface area (Å²) >= 11 is 0. The minimum atomic E-state index is -0.313. The largest absolute Gasteiger partial charge is 0.309 e. The van der Waals surface area contributed by atoms with Gasteiger partial charge in [-0.25, -0.2) is 9.97 Å². The Hall–Kier alpha value is -17.5. The van der Waals surface area contributed by atoms with E-state index in [1.54, 1.807) is 0 Å². The van der Waals surface area contributed by atoms with Crippen molar-refractivity contribution >= 4 is 84.2 Å². The fourth-order valence-corrected chi connectivity index (χ4v) is 20.8. The molecule has 10 heterocycles. The molecule has 0 saturated heterocycles. The van der Waals surface area contributed by atoms with Crippen molar-refractivity contribution in [3.63, 3.8) is 0 Å². The Morgan fingerprint density at radius 3 is 1.22 bits per heavy atom. The van der Waals surface area contributed by atoms with Crippen LogP contribution < -0.4 is 14.7 Å². The van der Waals surface area contributed by atoms with Crippen LogP contribution in [0.2, 0.25) is 0 Å². The molecule has 14 aromatic carbocycles. The first kappa shape index (κ1) is 79.9. The van der Waals surface area contributed by atoms with Crippen LogP contribution in [0.3, 0.4) is 0 Å². The van der Waals surface area contributed by atoms with Crippen molar-refractivity contribution in [3.05, 3.63) is 483 Å². The Morgan fingerprint density at radius 2 is 0.657 bits per heavy atom. The van der Waals surface area contributed by atoms with Crippen LogP contribution in [-0.2, 0) is 10.8 Å². The van der Waals surface area contributed by atoms with E-state index in [1.807, 2.05) is 140 Å². The maximum absolute atomic E-state index is 5.20. The molecule has 0 radical (unpaired) electrons. The van der Waals surface area contributed by atoms with Gasteiger partial charge in [0.25, 0.3) is 0 Å². The lowest BCUT2D eigenvalue weighted by atomic mass is 9.76. The first-order valence-electron chi connectivity index (χ1n) is 45.5. The maximum atomic E-state index is 5.20. The van der Waals surface area contributed by atoms with E-state index in [9.17, 15) is 0 Å². The minimum absolute atomic E-state index is 0.142. The van der Waals surface area contributed by atoms with Gasteiger partial charge in [-0.2, -0.15) is 9.97 Å². The van der Waals surface area contributed by atoms with Gasteiger partial charge in [0.2, 0.25) is 5.95 Å². The summed E-state index contributed by atoms with van der Waals surface area (Å²) < 4.78 is 2.23. The Labute approximate surface area is 778 Å². The molecule has 634 valence electrons. The summed E-state index contributed by atoms with van der Waals surface area (Å²) in [6, 6.07) is 150. The minimum Gasteiger partial charge on any atom is -0.309 e. The second kappa shape index (κ2) is 32.9. The highest BCUT2D eigenvalue weighted by Crippen LogP contribution is 2.63. The molecule has 12 heteroatoms. The van der Waals surface area contributed by atoms with E-state index >= 15 is 0 Å². The van der Waals surface area contributed by atoms with Gasteiger partial charge in [-0.3, -0.25) is 24.5 Å². The summed E-state index contributed by atoms with van der Waals surface area (Å²) in [6.45, 7) is 9.45. The molecular weight excluding hydrogens is 1630 g/mol. The molecule has 0 atom stereocenters. The number of aromatic nitrogens is 9. The summed E-state index contributed by atoms with van der Waals surface area (Å²) in [4.78, 5) is 46.6. The molecule has 3 aliphatic heterocycles. The van der Waals surface area contributed by atoms with Crippen molar-refractivity contribution in [1.29, 1.82) is 0 Å². The van der Waals surface area contributed by atoms with Crippen molar-refractivity contribution in [2.75, 3.05) is 14.7 Å². The highest BCUT2D eigenvalue weighted by molar-refractivity contribution is 6.18. The predicted molar refractivity (Wildman–Crippen MR) is 548 cm³/mol. The number of hydrogen-bond donors (Lipinski definition) is 0. The molecule has 21 aromatic rings. The molecule has 0 spiro atoms. The average molecular weight is 1720 g/mol. The highest BCUT2D eigenvalue weighted by Gasteiger charge is 2.47. The topological polar surface area (TPSA) is 118 Å². The smallest absolute Gasteiger partial charge is 0.238 e. The molecule has 0 fully saturated rings. The fourth-order valence-electron chi connectivity index (χ4n) is 20.8. The quantitative estimate of drug-likeness (QED) is 0.130. The van der Waals surface area contributed by atoms with Crippen LogP contribution in [0, 0.1) is 0 Å². The summed E-state index contributed by atoms with van der Waals surface area (Å²) in [5, 5.41) is 2.26. The van der Waals surface area contributed by atoms with E-state index < -0.39 is 0 Å². The van der Waals surface area contributed by atoms with Crippen LogP contribution in [-0.4, -0.2) is 44.4 Å². The molecule has 5 aliphatic rings. The maximum Gasteiger partial charge on any atom is 0.238 e. The molecular formula is C122H86N12. The van der Waals surface area contributed by atoms with Crippen molar-refractivity contribution in [2.45, 2.75) is 38.5 Å². The van der Waals surface area contributed by atoms with Crippen LogP contribution in [0.4, 0.5) is 39.8 Å². The summed E-state index contributed by atoms with van der Waals surface area (Å²) in [7, 11) is 0. The molecule has 0 bridgehead atoms. The van der Waals surface area contributed by atoms with Gasteiger partial charge < -0.3 is 14.7 Å². The molecule has 0 saturated carbocycles. The number of fused-ring (bicyclic) bond motifs is 20. The van der Waals surface area contributed by atoms with Gasteiger partial charge in [0, 0.05) is 113 Å². The summed E-state index contributed by atoms with van der Waals surface area (Å²) in [5.41, 5.74) is 41.0. The van der Waals surface area contributed by atoms with E-state index in [-0.39, 0.29) is 10.8 Å². The monoisotopic (exact) mass is 1720 g/mol. The van der Waals surface area contributed by atoms with Gasteiger partial charge in [0.1, 0.15) is 0 Å². The third kappa shape index (κ3) is 13.5. The van der Waals surface area contributed by atoms with Crippen molar-refractivity contribution in [3.8, 4) is 119 Å².